The van der Waals surface area contributed by atoms with E-state index in [-0.39, 0.29) is 17.0 Å². The zero-order valence-electron chi connectivity index (χ0n) is 12.4. The molecule has 0 aromatic heterocycles. The lowest BCUT2D eigenvalue weighted by atomic mass is 9.97. The predicted molar refractivity (Wildman–Crippen MR) is 85.8 cm³/mol. The highest BCUT2D eigenvalue weighted by molar-refractivity contribution is 5.41. The largest absolute Gasteiger partial charge is 0.508 e. The molecule has 4 N–H and O–H groups in total. The fourth-order valence-corrected chi connectivity index (χ4v) is 2.65. The molecule has 2 aromatic carbocycles. The summed E-state index contributed by atoms with van der Waals surface area (Å²) in [5.74, 6) is 0.881. The molecule has 3 heteroatoms. The van der Waals surface area contributed by atoms with Crippen molar-refractivity contribution >= 4 is 0 Å². The Kier molecular flexibility index (Phi) is 6.76. The van der Waals surface area contributed by atoms with E-state index in [2.05, 4.69) is 19.1 Å². The molecule has 3 nitrogen and oxygen atoms in total. The maximum absolute atomic E-state index is 9.59. The smallest absolute Gasteiger partial charge is 0.122 e. The molecule has 0 radical (unpaired) electrons. The van der Waals surface area contributed by atoms with Gasteiger partial charge in [-0.2, -0.15) is 0 Å². The van der Waals surface area contributed by atoms with E-state index in [9.17, 15) is 5.11 Å². The second-order valence-electron chi connectivity index (χ2n) is 5.38. The summed E-state index contributed by atoms with van der Waals surface area (Å²) < 4.78 is 0. The minimum absolute atomic E-state index is 0. The summed E-state index contributed by atoms with van der Waals surface area (Å²) >= 11 is 0. The van der Waals surface area contributed by atoms with Crippen molar-refractivity contribution in [2.45, 2.75) is 38.5 Å². The standard InChI is InChI=1S/C11H14O2.C7H8.H2O/c12-9-5-6-10(11(13)7-9)8-3-1-2-4-8;1-7-5-3-2-4-6-7;/h5-8,12-13H,1-4H2;2-6H,1H3;1H2. The molecule has 0 unspecified atom stereocenters. The second-order valence-corrected chi connectivity index (χ2v) is 5.38. The first-order valence-electron chi connectivity index (χ1n) is 7.20. The minimum Gasteiger partial charge on any atom is -0.508 e. The molecule has 1 fully saturated rings. The van der Waals surface area contributed by atoms with E-state index in [0.29, 0.717) is 5.92 Å². The number of phenols is 2. The van der Waals surface area contributed by atoms with Gasteiger partial charge in [0.1, 0.15) is 11.5 Å². The maximum Gasteiger partial charge on any atom is 0.122 e. The van der Waals surface area contributed by atoms with Crippen LogP contribution in [0.5, 0.6) is 11.5 Å². The zero-order valence-corrected chi connectivity index (χ0v) is 12.4. The van der Waals surface area contributed by atoms with Gasteiger partial charge in [0.25, 0.3) is 0 Å². The van der Waals surface area contributed by atoms with Crippen molar-refractivity contribution in [3.8, 4) is 11.5 Å². The van der Waals surface area contributed by atoms with Gasteiger partial charge in [0.05, 0.1) is 0 Å². The third-order valence-electron chi connectivity index (χ3n) is 3.75. The van der Waals surface area contributed by atoms with Crippen LogP contribution in [0.1, 0.15) is 42.7 Å². The van der Waals surface area contributed by atoms with Crippen LogP contribution in [-0.4, -0.2) is 15.7 Å². The van der Waals surface area contributed by atoms with Crippen LogP contribution >= 0.6 is 0 Å². The minimum atomic E-state index is 0. The summed E-state index contributed by atoms with van der Waals surface area (Å²) in [6.07, 6.45) is 4.84. The summed E-state index contributed by atoms with van der Waals surface area (Å²) in [4.78, 5) is 0. The third-order valence-corrected chi connectivity index (χ3v) is 3.75. The van der Waals surface area contributed by atoms with Crippen molar-refractivity contribution in [2.75, 3.05) is 0 Å². The SMILES string of the molecule is Cc1ccccc1.O.Oc1ccc(C2CCCC2)c(O)c1. The molecule has 114 valence electrons. The van der Waals surface area contributed by atoms with Gasteiger partial charge in [-0.15, -0.1) is 0 Å². The first kappa shape index (κ1) is 17.1. The number of benzene rings is 2. The van der Waals surface area contributed by atoms with Crippen molar-refractivity contribution in [3.05, 3.63) is 59.7 Å². The molecule has 0 spiro atoms. The van der Waals surface area contributed by atoms with E-state index in [1.165, 1.54) is 37.3 Å². The Bertz CT molecular complexity index is 531. The molecule has 1 aliphatic rings. The van der Waals surface area contributed by atoms with Crippen LogP contribution in [0.3, 0.4) is 0 Å². The molecular weight excluding hydrogens is 264 g/mol. The average Bonchev–Trinajstić information content (AvgIpc) is 2.94. The summed E-state index contributed by atoms with van der Waals surface area (Å²) in [6, 6.07) is 15.2. The predicted octanol–water partition coefficient (Wildman–Crippen LogP) is 3.93. The number of aryl methyl sites for hydroxylation is 1. The summed E-state index contributed by atoms with van der Waals surface area (Å²) in [5, 5.41) is 18.7. The molecule has 0 bridgehead atoms. The van der Waals surface area contributed by atoms with Crippen LogP contribution in [0.2, 0.25) is 0 Å². The first-order valence-corrected chi connectivity index (χ1v) is 7.20. The maximum atomic E-state index is 9.59. The first-order chi connectivity index (χ1) is 9.66. The lowest BCUT2D eigenvalue weighted by Gasteiger charge is -2.11. The van der Waals surface area contributed by atoms with Gasteiger partial charge in [0.2, 0.25) is 0 Å². The average molecular weight is 288 g/mol. The molecule has 21 heavy (non-hydrogen) atoms. The fourth-order valence-electron chi connectivity index (χ4n) is 2.65. The Morgan fingerprint density at radius 1 is 0.905 bits per heavy atom. The summed E-state index contributed by atoms with van der Waals surface area (Å²) in [6.45, 7) is 2.08. The van der Waals surface area contributed by atoms with Gasteiger partial charge in [0.15, 0.2) is 0 Å². The molecule has 0 aliphatic heterocycles. The van der Waals surface area contributed by atoms with Crippen molar-refractivity contribution in [3.63, 3.8) is 0 Å². The van der Waals surface area contributed by atoms with Gasteiger partial charge in [0, 0.05) is 6.07 Å². The van der Waals surface area contributed by atoms with Crippen LogP contribution in [0.4, 0.5) is 0 Å². The van der Waals surface area contributed by atoms with Crippen LogP contribution < -0.4 is 0 Å². The zero-order chi connectivity index (χ0) is 14.4. The van der Waals surface area contributed by atoms with Crippen LogP contribution in [0, 0.1) is 6.92 Å². The lowest BCUT2D eigenvalue weighted by molar-refractivity contribution is 0.441. The van der Waals surface area contributed by atoms with Gasteiger partial charge < -0.3 is 15.7 Å². The molecule has 2 aromatic rings. The molecular formula is C18H24O3. The number of rotatable bonds is 1. The molecule has 0 amide bonds. The molecule has 3 rings (SSSR count). The normalized spacial score (nSPS) is 14.0. The van der Waals surface area contributed by atoms with Gasteiger partial charge >= 0.3 is 0 Å². The Balaban J connectivity index is 0.000000236. The quantitative estimate of drug-likeness (QED) is 0.834. The van der Waals surface area contributed by atoms with Crippen molar-refractivity contribution < 1.29 is 15.7 Å². The Labute approximate surface area is 126 Å². The number of phenolic OH excluding ortho intramolecular Hbond substituents is 2. The molecule has 0 saturated heterocycles. The van der Waals surface area contributed by atoms with Crippen molar-refractivity contribution in [2.24, 2.45) is 0 Å². The lowest BCUT2D eigenvalue weighted by Crippen LogP contribution is -1.91. The van der Waals surface area contributed by atoms with Gasteiger partial charge in [-0.1, -0.05) is 54.8 Å². The highest BCUT2D eigenvalue weighted by atomic mass is 16.3. The highest BCUT2D eigenvalue weighted by Crippen LogP contribution is 2.39. The fraction of sp³-hybridized carbons (Fsp3) is 0.333. The summed E-state index contributed by atoms with van der Waals surface area (Å²) in [5.41, 5.74) is 2.32. The Morgan fingerprint density at radius 3 is 2.00 bits per heavy atom. The van der Waals surface area contributed by atoms with E-state index in [0.717, 1.165) is 5.56 Å². The highest BCUT2D eigenvalue weighted by Gasteiger charge is 2.19. The number of aromatic hydroxyl groups is 2. The van der Waals surface area contributed by atoms with Crippen LogP contribution in [0.25, 0.3) is 0 Å². The molecule has 0 heterocycles. The summed E-state index contributed by atoms with van der Waals surface area (Å²) in [7, 11) is 0. The monoisotopic (exact) mass is 288 g/mol. The van der Waals surface area contributed by atoms with Crippen molar-refractivity contribution in [1.29, 1.82) is 0 Å². The van der Waals surface area contributed by atoms with E-state index >= 15 is 0 Å². The number of hydrogen-bond donors (Lipinski definition) is 2. The Hall–Kier alpha value is -2.00. The van der Waals surface area contributed by atoms with Crippen molar-refractivity contribution in [1.82, 2.24) is 0 Å². The Morgan fingerprint density at radius 2 is 1.52 bits per heavy atom. The third kappa shape index (κ3) is 5.12. The van der Waals surface area contributed by atoms with E-state index in [1.54, 1.807) is 6.07 Å². The van der Waals surface area contributed by atoms with Crippen LogP contribution in [-0.2, 0) is 0 Å². The molecule has 0 atom stereocenters. The molecule has 1 aliphatic carbocycles. The second kappa shape index (κ2) is 8.32. The molecule has 1 saturated carbocycles. The number of hydrogen-bond acceptors (Lipinski definition) is 2. The van der Waals surface area contributed by atoms with Gasteiger partial charge in [-0.25, -0.2) is 0 Å². The van der Waals surface area contributed by atoms with Crippen LogP contribution in [0.15, 0.2) is 48.5 Å². The van der Waals surface area contributed by atoms with Gasteiger partial charge in [-0.05, 0) is 37.3 Å². The topological polar surface area (TPSA) is 72.0 Å². The van der Waals surface area contributed by atoms with Gasteiger partial charge in [-0.3, -0.25) is 0 Å². The van der Waals surface area contributed by atoms with E-state index in [4.69, 9.17) is 5.11 Å². The van der Waals surface area contributed by atoms with E-state index < -0.39 is 0 Å². The van der Waals surface area contributed by atoms with E-state index in [1.807, 2.05) is 24.3 Å².